The van der Waals surface area contributed by atoms with E-state index < -0.39 is 0 Å². The monoisotopic (exact) mass is 195 g/mol. The smallest absolute Gasteiger partial charge is 0.305 e. The fourth-order valence-corrected chi connectivity index (χ4v) is 0.447. The summed E-state index contributed by atoms with van der Waals surface area (Å²) in [7, 11) is 7.37. The molecule has 12 heavy (non-hydrogen) atoms. The molecule has 0 amide bonds. The number of halogens is 1. The summed E-state index contributed by atoms with van der Waals surface area (Å²) in [6.45, 7) is 0. The zero-order valence-corrected chi connectivity index (χ0v) is 9.02. The summed E-state index contributed by atoms with van der Waals surface area (Å²) in [5, 5.41) is 0. The van der Waals surface area contributed by atoms with Crippen molar-refractivity contribution in [1.82, 2.24) is 4.90 Å². The maximum absolute atomic E-state index is 10.3. The van der Waals surface area contributed by atoms with Crippen molar-refractivity contribution in [3.05, 3.63) is 0 Å². The van der Waals surface area contributed by atoms with E-state index in [1.165, 1.54) is 7.11 Å². The maximum atomic E-state index is 10.3. The normalized spacial score (nSPS) is 8.83. The molecule has 0 saturated heterocycles. The summed E-state index contributed by atoms with van der Waals surface area (Å²) in [4.78, 5) is 12.3. The second kappa shape index (κ2) is 10.7. The average molecular weight is 196 g/mol. The topological polar surface area (TPSA) is 29.5 Å². The molecule has 0 aliphatic rings. The third-order valence-corrected chi connectivity index (χ3v) is 1.01. The van der Waals surface area contributed by atoms with E-state index in [2.05, 4.69) is 4.74 Å². The molecular weight excluding hydrogens is 178 g/mol. The first-order valence-electron chi connectivity index (χ1n) is 3.78. The van der Waals surface area contributed by atoms with Gasteiger partial charge < -0.3 is 9.64 Å². The van der Waals surface area contributed by atoms with Gasteiger partial charge in [-0.3, -0.25) is 4.79 Å². The number of hydrogen-bond acceptors (Lipinski definition) is 3. The fraction of sp³-hybridized carbons (Fsp3) is 0.875. The lowest BCUT2D eigenvalue weighted by molar-refractivity contribution is -0.140. The van der Waals surface area contributed by atoms with Gasteiger partial charge in [-0.2, -0.15) is 0 Å². The van der Waals surface area contributed by atoms with Crippen LogP contribution >= 0.6 is 11.6 Å². The lowest BCUT2D eigenvalue weighted by Gasteiger charge is -1.93. The zero-order chi connectivity index (χ0) is 9.98. The molecule has 0 saturated carbocycles. The van der Waals surface area contributed by atoms with Crippen molar-refractivity contribution in [2.24, 2.45) is 0 Å². The van der Waals surface area contributed by atoms with Crippen molar-refractivity contribution in [3.63, 3.8) is 0 Å². The molecule has 0 aromatic rings. The summed E-state index contributed by atoms with van der Waals surface area (Å²) in [6, 6.07) is 0. The van der Waals surface area contributed by atoms with Gasteiger partial charge in [0.25, 0.3) is 0 Å². The molecule has 0 unspecified atom stereocenters. The average Bonchev–Trinajstić information content (AvgIpc) is 1.99. The molecular formula is C8H18ClNO2. The number of nitrogens with zero attached hydrogens (tertiary/aromatic N) is 1. The molecule has 0 radical (unpaired) electrons. The number of alkyl halides is 1. The Bertz CT molecular complexity index is 104. The molecule has 0 aliphatic carbocycles. The Morgan fingerprint density at radius 3 is 2.08 bits per heavy atom. The van der Waals surface area contributed by atoms with E-state index in [0.717, 1.165) is 0 Å². The summed E-state index contributed by atoms with van der Waals surface area (Å²) in [5.41, 5.74) is 0. The second-order valence-corrected chi connectivity index (χ2v) is 3.09. The second-order valence-electron chi connectivity index (χ2n) is 2.71. The lowest BCUT2D eigenvalue weighted by Crippen LogP contribution is -1.99. The van der Waals surface area contributed by atoms with Gasteiger partial charge >= 0.3 is 5.97 Å². The minimum Gasteiger partial charge on any atom is -0.469 e. The minimum atomic E-state index is -0.189. The van der Waals surface area contributed by atoms with Crippen LogP contribution in [0.1, 0.15) is 12.8 Å². The molecule has 0 heterocycles. The van der Waals surface area contributed by atoms with E-state index in [1.807, 2.05) is 26.0 Å². The Kier molecular flexibility index (Phi) is 12.7. The molecule has 0 spiro atoms. The highest BCUT2D eigenvalue weighted by molar-refractivity contribution is 6.17. The van der Waals surface area contributed by atoms with Gasteiger partial charge in [-0.25, -0.2) is 0 Å². The SMILES string of the molecule is CN(C)C.COC(=O)CCCCl. The molecule has 4 heteroatoms. The van der Waals surface area contributed by atoms with Gasteiger partial charge in [-0.1, -0.05) is 0 Å². The van der Waals surface area contributed by atoms with Crippen LogP contribution in [0, 0.1) is 0 Å². The molecule has 0 aromatic heterocycles. The van der Waals surface area contributed by atoms with Gasteiger partial charge in [-0.05, 0) is 27.6 Å². The van der Waals surface area contributed by atoms with Crippen LogP contribution < -0.4 is 0 Å². The van der Waals surface area contributed by atoms with Crippen molar-refractivity contribution in [1.29, 1.82) is 0 Å². The Morgan fingerprint density at radius 2 is 1.83 bits per heavy atom. The number of carbonyl (C=O) groups is 1. The van der Waals surface area contributed by atoms with Crippen LogP contribution in [0.2, 0.25) is 0 Å². The van der Waals surface area contributed by atoms with Gasteiger partial charge in [0.05, 0.1) is 7.11 Å². The summed E-state index contributed by atoms with van der Waals surface area (Å²) in [5.74, 6) is 0.334. The summed E-state index contributed by atoms with van der Waals surface area (Å²) < 4.78 is 4.35. The maximum Gasteiger partial charge on any atom is 0.305 e. The number of carbonyl (C=O) groups excluding carboxylic acids is 1. The van der Waals surface area contributed by atoms with Crippen LogP contribution in [0.25, 0.3) is 0 Å². The number of rotatable bonds is 3. The van der Waals surface area contributed by atoms with Crippen molar-refractivity contribution in [2.45, 2.75) is 12.8 Å². The largest absolute Gasteiger partial charge is 0.469 e. The van der Waals surface area contributed by atoms with Crippen molar-refractivity contribution in [2.75, 3.05) is 34.1 Å². The third kappa shape index (κ3) is 22.6. The standard InChI is InChI=1S/C5H9ClO2.C3H9N/c1-8-5(7)3-2-4-6;1-4(2)3/h2-4H2,1H3;1-3H3. The van der Waals surface area contributed by atoms with Crippen LogP contribution in [0.4, 0.5) is 0 Å². The molecule has 74 valence electrons. The van der Waals surface area contributed by atoms with Crippen molar-refractivity contribution >= 4 is 17.6 Å². The molecule has 0 aromatic carbocycles. The highest BCUT2D eigenvalue weighted by Crippen LogP contribution is 1.92. The predicted octanol–water partition coefficient (Wildman–Crippen LogP) is 1.36. The molecule has 0 bridgehead atoms. The molecule has 0 atom stereocenters. The molecule has 0 fully saturated rings. The van der Waals surface area contributed by atoms with Gasteiger partial charge in [0.1, 0.15) is 0 Å². The molecule has 0 N–H and O–H groups in total. The number of methoxy groups -OCH3 is 1. The molecule has 0 rings (SSSR count). The highest BCUT2D eigenvalue weighted by Gasteiger charge is 1.95. The summed E-state index contributed by atoms with van der Waals surface area (Å²) >= 11 is 5.29. The fourth-order valence-electron chi connectivity index (χ4n) is 0.313. The Hall–Kier alpha value is -0.280. The van der Waals surface area contributed by atoms with E-state index in [9.17, 15) is 4.79 Å². The summed E-state index contributed by atoms with van der Waals surface area (Å²) in [6.07, 6.45) is 1.13. The molecule has 0 aliphatic heterocycles. The predicted molar refractivity (Wildman–Crippen MR) is 51.6 cm³/mol. The Labute approximate surface area is 79.6 Å². The van der Waals surface area contributed by atoms with E-state index in [4.69, 9.17) is 11.6 Å². The van der Waals surface area contributed by atoms with Gasteiger partial charge in [0.15, 0.2) is 0 Å². The molecule has 3 nitrogen and oxygen atoms in total. The minimum absolute atomic E-state index is 0.189. The Morgan fingerprint density at radius 1 is 1.42 bits per heavy atom. The first kappa shape index (κ1) is 14.3. The van der Waals surface area contributed by atoms with Gasteiger partial charge in [0.2, 0.25) is 0 Å². The first-order chi connectivity index (χ1) is 5.54. The third-order valence-electron chi connectivity index (χ3n) is 0.742. The van der Waals surface area contributed by atoms with Gasteiger partial charge in [0, 0.05) is 12.3 Å². The van der Waals surface area contributed by atoms with Crippen LogP contribution in [-0.4, -0.2) is 45.0 Å². The quantitative estimate of drug-likeness (QED) is 0.503. The van der Waals surface area contributed by atoms with Crippen LogP contribution in [0.3, 0.4) is 0 Å². The number of hydrogen-bond donors (Lipinski definition) is 0. The van der Waals surface area contributed by atoms with Crippen LogP contribution in [0.5, 0.6) is 0 Å². The van der Waals surface area contributed by atoms with Crippen LogP contribution in [-0.2, 0) is 9.53 Å². The zero-order valence-electron chi connectivity index (χ0n) is 8.26. The van der Waals surface area contributed by atoms with E-state index in [-0.39, 0.29) is 5.97 Å². The van der Waals surface area contributed by atoms with Crippen LogP contribution in [0.15, 0.2) is 0 Å². The van der Waals surface area contributed by atoms with E-state index in [1.54, 1.807) is 0 Å². The number of esters is 1. The highest BCUT2D eigenvalue weighted by atomic mass is 35.5. The number of ether oxygens (including phenoxy) is 1. The van der Waals surface area contributed by atoms with Crippen molar-refractivity contribution < 1.29 is 9.53 Å². The van der Waals surface area contributed by atoms with E-state index in [0.29, 0.717) is 18.7 Å². The first-order valence-corrected chi connectivity index (χ1v) is 4.31. The van der Waals surface area contributed by atoms with E-state index >= 15 is 0 Å². The lowest BCUT2D eigenvalue weighted by atomic mass is 10.3. The van der Waals surface area contributed by atoms with Crippen molar-refractivity contribution in [3.8, 4) is 0 Å². The van der Waals surface area contributed by atoms with Gasteiger partial charge in [-0.15, -0.1) is 11.6 Å². The Balaban J connectivity index is 0.